The first-order valence-corrected chi connectivity index (χ1v) is 11.0. The molecule has 0 amide bonds. The van der Waals surface area contributed by atoms with Crippen LogP contribution in [0.4, 0.5) is 18.9 Å². The van der Waals surface area contributed by atoms with E-state index in [2.05, 4.69) is 15.0 Å². The molecule has 0 spiro atoms. The highest BCUT2D eigenvalue weighted by molar-refractivity contribution is 7.91. The molecule has 9 heteroatoms. The molecule has 1 N–H and O–H groups in total. The van der Waals surface area contributed by atoms with Crippen LogP contribution in [0.3, 0.4) is 0 Å². The van der Waals surface area contributed by atoms with Crippen LogP contribution in [0.25, 0.3) is 10.9 Å². The summed E-state index contributed by atoms with van der Waals surface area (Å²) in [6.07, 6.45) is 1.66. The van der Waals surface area contributed by atoms with Crippen molar-refractivity contribution in [2.45, 2.75) is 62.7 Å². The Bertz CT molecular complexity index is 939. The van der Waals surface area contributed by atoms with Gasteiger partial charge in [0.1, 0.15) is 10.4 Å². The molecule has 1 aromatic carbocycles. The van der Waals surface area contributed by atoms with Gasteiger partial charge >= 0.3 is 6.36 Å². The summed E-state index contributed by atoms with van der Waals surface area (Å²) < 4.78 is 67.9. The van der Waals surface area contributed by atoms with E-state index in [0.717, 1.165) is 38.3 Å². The van der Waals surface area contributed by atoms with Crippen molar-refractivity contribution in [2.75, 3.05) is 11.1 Å². The lowest BCUT2D eigenvalue weighted by molar-refractivity contribution is -0.274. The third-order valence-electron chi connectivity index (χ3n) is 4.81. The Morgan fingerprint density at radius 2 is 1.93 bits per heavy atom. The number of sulfone groups is 1. The van der Waals surface area contributed by atoms with Gasteiger partial charge in [-0.15, -0.1) is 13.2 Å². The van der Waals surface area contributed by atoms with Crippen LogP contribution in [0, 0.1) is 0 Å². The maximum absolute atomic E-state index is 12.8. The van der Waals surface area contributed by atoms with Crippen molar-refractivity contribution >= 4 is 26.4 Å². The van der Waals surface area contributed by atoms with Crippen molar-refractivity contribution in [3.8, 4) is 5.75 Å². The Morgan fingerprint density at radius 3 is 2.57 bits per heavy atom. The second-order valence-electron chi connectivity index (χ2n) is 7.00. The number of nitrogens with one attached hydrogen (secondary N) is 1. The van der Waals surface area contributed by atoms with Crippen LogP contribution in [0.1, 0.15) is 45.4 Å². The van der Waals surface area contributed by atoms with E-state index in [-0.39, 0.29) is 22.2 Å². The van der Waals surface area contributed by atoms with Gasteiger partial charge in [-0.1, -0.05) is 38.3 Å². The van der Waals surface area contributed by atoms with Gasteiger partial charge in [0.05, 0.1) is 11.4 Å². The summed E-state index contributed by atoms with van der Waals surface area (Å²) in [5, 5.41) is 3.60. The lowest BCUT2D eigenvalue weighted by Crippen LogP contribution is -2.24. The van der Waals surface area contributed by atoms with E-state index < -0.39 is 21.9 Å². The van der Waals surface area contributed by atoms with Crippen molar-refractivity contribution in [3.05, 3.63) is 24.4 Å². The van der Waals surface area contributed by atoms with Gasteiger partial charge in [-0.05, 0) is 25.3 Å². The number of hydrogen-bond donors (Lipinski definition) is 1. The number of pyridine rings is 1. The van der Waals surface area contributed by atoms with E-state index in [4.69, 9.17) is 0 Å². The molecule has 1 saturated carbocycles. The van der Waals surface area contributed by atoms with Gasteiger partial charge in [0.25, 0.3) is 0 Å². The molecule has 154 valence electrons. The fourth-order valence-electron chi connectivity index (χ4n) is 3.60. The smallest absolute Gasteiger partial charge is 0.403 e. The van der Waals surface area contributed by atoms with Crippen molar-refractivity contribution < 1.29 is 26.3 Å². The summed E-state index contributed by atoms with van der Waals surface area (Å²) in [6.45, 7) is 1.76. The van der Waals surface area contributed by atoms with Crippen molar-refractivity contribution in [3.63, 3.8) is 0 Å². The molecule has 0 atom stereocenters. The van der Waals surface area contributed by atoms with Gasteiger partial charge in [0, 0.05) is 17.6 Å². The number of para-hydroxylation sites is 1. The molecule has 0 radical (unpaired) electrons. The maximum Gasteiger partial charge on any atom is 0.573 e. The second-order valence-corrected chi connectivity index (χ2v) is 9.07. The summed E-state index contributed by atoms with van der Waals surface area (Å²) in [4.78, 5) is 4.05. The van der Waals surface area contributed by atoms with E-state index in [1.54, 1.807) is 13.0 Å². The topological polar surface area (TPSA) is 68.3 Å². The summed E-state index contributed by atoms with van der Waals surface area (Å²) in [5.74, 6) is -0.505. The zero-order valence-electron chi connectivity index (χ0n) is 15.6. The van der Waals surface area contributed by atoms with Gasteiger partial charge in [0.15, 0.2) is 15.6 Å². The molecule has 2 aromatic rings. The normalized spacial score (nSPS) is 16.3. The largest absolute Gasteiger partial charge is 0.573 e. The third-order valence-corrected chi connectivity index (χ3v) is 6.74. The van der Waals surface area contributed by atoms with Crippen LogP contribution < -0.4 is 10.1 Å². The average molecular weight is 416 g/mol. The Balaban J connectivity index is 2.15. The molecule has 5 nitrogen and oxygen atoms in total. The molecular formula is C19H23F3N2O3S. The minimum atomic E-state index is -4.86. The first kappa shape index (κ1) is 20.7. The van der Waals surface area contributed by atoms with Crippen molar-refractivity contribution in [1.29, 1.82) is 0 Å². The summed E-state index contributed by atoms with van der Waals surface area (Å²) in [7, 11) is -3.62. The quantitative estimate of drug-likeness (QED) is 0.713. The molecule has 0 saturated heterocycles. The Morgan fingerprint density at radius 1 is 1.21 bits per heavy atom. The van der Waals surface area contributed by atoms with Gasteiger partial charge in [-0.25, -0.2) is 8.42 Å². The van der Waals surface area contributed by atoms with Gasteiger partial charge < -0.3 is 10.1 Å². The van der Waals surface area contributed by atoms with Gasteiger partial charge in [-0.2, -0.15) is 0 Å². The van der Waals surface area contributed by atoms with Gasteiger partial charge in [0.2, 0.25) is 0 Å². The molecule has 1 aromatic heterocycles. The Kier molecular flexibility index (Phi) is 6.02. The highest BCUT2D eigenvalue weighted by Crippen LogP contribution is 2.37. The number of halogens is 3. The molecule has 0 bridgehead atoms. The number of aromatic nitrogens is 1. The molecule has 1 aliphatic rings. The standard InChI is InChI=1S/C19H23F3N2O3S/c1-2-11-28(25,26)16-12-23-17-14(9-6-10-15(17)27-19(20,21)22)18(16)24-13-7-4-3-5-8-13/h6,9-10,12-13H,2-5,7-8,11H2,1H3,(H,23,24). The molecule has 1 fully saturated rings. The monoisotopic (exact) mass is 416 g/mol. The van der Waals surface area contributed by atoms with E-state index in [1.807, 2.05) is 0 Å². The van der Waals surface area contributed by atoms with Crippen LogP contribution in [0.5, 0.6) is 5.75 Å². The minimum Gasteiger partial charge on any atom is -0.403 e. The zero-order valence-corrected chi connectivity index (χ0v) is 16.4. The summed E-state index contributed by atoms with van der Waals surface area (Å²) >= 11 is 0. The van der Waals surface area contributed by atoms with E-state index in [1.165, 1.54) is 12.1 Å². The van der Waals surface area contributed by atoms with E-state index in [0.29, 0.717) is 17.5 Å². The first-order chi connectivity index (χ1) is 13.2. The molecule has 0 aliphatic heterocycles. The highest BCUT2D eigenvalue weighted by Gasteiger charge is 2.33. The predicted molar refractivity (Wildman–Crippen MR) is 101 cm³/mol. The van der Waals surface area contributed by atoms with E-state index >= 15 is 0 Å². The van der Waals surface area contributed by atoms with Crippen LogP contribution in [0.2, 0.25) is 0 Å². The van der Waals surface area contributed by atoms with Gasteiger partial charge in [-0.3, -0.25) is 4.98 Å². The Labute approximate surface area is 162 Å². The molecule has 1 aliphatic carbocycles. The molecule has 0 unspecified atom stereocenters. The third kappa shape index (κ3) is 4.68. The molecule has 1 heterocycles. The number of nitrogens with zero attached hydrogens (tertiary/aromatic N) is 1. The zero-order chi connectivity index (χ0) is 20.4. The first-order valence-electron chi connectivity index (χ1n) is 9.38. The number of benzene rings is 1. The number of alkyl halides is 3. The average Bonchev–Trinajstić information content (AvgIpc) is 2.62. The second kappa shape index (κ2) is 8.14. The molecule has 3 rings (SSSR count). The van der Waals surface area contributed by atoms with E-state index in [9.17, 15) is 21.6 Å². The van der Waals surface area contributed by atoms with Crippen LogP contribution in [-0.4, -0.2) is 31.6 Å². The Hall–Kier alpha value is -2.03. The lowest BCUT2D eigenvalue weighted by atomic mass is 9.95. The number of hydrogen-bond acceptors (Lipinski definition) is 5. The number of fused-ring (bicyclic) bond motifs is 1. The lowest BCUT2D eigenvalue weighted by Gasteiger charge is -2.26. The summed E-state index contributed by atoms with van der Waals surface area (Å²) in [6, 6.07) is 4.23. The van der Waals surface area contributed by atoms with Crippen LogP contribution in [0.15, 0.2) is 29.3 Å². The van der Waals surface area contributed by atoms with Crippen molar-refractivity contribution in [2.24, 2.45) is 0 Å². The van der Waals surface area contributed by atoms with Crippen LogP contribution >= 0.6 is 0 Å². The van der Waals surface area contributed by atoms with Crippen molar-refractivity contribution in [1.82, 2.24) is 4.98 Å². The number of anilines is 1. The predicted octanol–water partition coefficient (Wildman–Crippen LogP) is 5.06. The van der Waals surface area contributed by atoms with Crippen LogP contribution in [-0.2, 0) is 9.84 Å². The fourth-order valence-corrected chi connectivity index (χ4v) is 5.05. The number of rotatable bonds is 6. The minimum absolute atomic E-state index is 0.0198. The fraction of sp³-hybridized carbons (Fsp3) is 0.526. The molecule has 28 heavy (non-hydrogen) atoms. The maximum atomic E-state index is 12.8. The number of ether oxygens (including phenoxy) is 1. The molecular weight excluding hydrogens is 393 g/mol. The highest BCUT2D eigenvalue weighted by atomic mass is 32.2. The summed E-state index contributed by atoms with van der Waals surface area (Å²) in [5.41, 5.74) is 0.298. The SMILES string of the molecule is CCCS(=O)(=O)c1cnc2c(OC(F)(F)F)cccc2c1NC1CCCCC1.